The number of carbonyl (C=O) groups is 3. The van der Waals surface area contributed by atoms with E-state index in [-0.39, 0.29) is 43.1 Å². The number of Topliss-reactive ketones (excluding diaryl/α,β-unsaturated/α-hetero) is 1. The molecule has 1 aromatic carbocycles. The fourth-order valence-electron chi connectivity index (χ4n) is 7.76. The zero-order chi connectivity index (χ0) is 36.1. The fraction of sp³-hybridized carbons (Fsp3) is 0.632. The molecule has 0 unspecified atom stereocenters. The maximum absolute atomic E-state index is 14.4. The number of fused-ring (bicyclic) bond motifs is 3. The number of sulfonamides is 1. The van der Waals surface area contributed by atoms with Crippen LogP contribution in [0.25, 0.3) is 10.9 Å². The number of methoxy groups -OCH3 is 1. The van der Waals surface area contributed by atoms with Crippen molar-refractivity contribution in [3.8, 4) is 17.4 Å². The molecule has 0 radical (unpaired) electrons. The second kappa shape index (κ2) is 13.7. The van der Waals surface area contributed by atoms with E-state index in [1.54, 1.807) is 20.1 Å². The van der Waals surface area contributed by atoms with Gasteiger partial charge in [0.1, 0.15) is 23.7 Å². The molecule has 12 nitrogen and oxygen atoms in total. The third-order valence-electron chi connectivity index (χ3n) is 11.9. The molecule has 13 heteroatoms. The van der Waals surface area contributed by atoms with Gasteiger partial charge in [0, 0.05) is 29.9 Å². The standard InChI is InChI=1S/C38H50N4O8S/c1-23-31(48-3)15-14-27-32(19-33(40-34(23)27)50-25-11-9-12-25)49-26-18-29-30(43)21-38(36(45)41-51(46,47)37(2)16-17-37)20-24(38)10-7-5-4-6-8-13-28(39)35(44)42(29)22-26/h7,10,14-15,19,24-26,28-29H,4-6,8-9,11-13,16-18,20-22,39H2,1-3H3,(H,41,45)/b10-7-/t24-,26-,28+,29+,38-/m1/s1. The van der Waals surface area contributed by atoms with Gasteiger partial charge in [-0.3, -0.25) is 19.1 Å². The molecule has 3 heterocycles. The number of aryl methyl sites for hydroxylation is 1. The normalized spacial score (nSPS) is 30.2. The predicted molar refractivity (Wildman–Crippen MR) is 191 cm³/mol. The number of ketones is 1. The van der Waals surface area contributed by atoms with Crippen molar-refractivity contribution < 1.29 is 37.0 Å². The summed E-state index contributed by atoms with van der Waals surface area (Å²) in [6.45, 7) is 3.69. The maximum Gasteiger partial charge on any atom is 0.240 e. The van der Waals surface area contributed by atoms with Gasteiger partial charge in [-0.2, -0.15) is 0 Å². The zero-order valence-corrected chi connectivity index (χ0v) is 30.6. The summed E-state index contributed by atoms with van der Waals surface area (Å²) >= 11 is 0. The van der Waals surface area contributed by atoms with E-state index in [0.717, 1.165) is 55.9 Å². The van der Waals surface area contributed by atoms with Crippen LogP contribution in [0.2, 0.25) is 0 Å². The maximum atomic E-state index is 14.4. The molecule has 3 saturated carbocycles. The number of hydrogen-bond acceptors (Lipinski definition) is 10. The summed E-state index contributed by atoms with van der Waals surface area (Å²) in [5.41, 5.74) is 6.78. The number of aromatic nitrogens is 1. The molecule has 1 aromatic heterocycles. The van der Waals surface area contributed by atoms with Gasteiger partial charge in [0.15, 0.2) is 5.78 Å². The number of nitrogens with two attached hydrogens (primary N) is 1. The monoisotopic (exact) mass is 722 g/mol. The van der Waals surface area contributed by atoms with E-state index < -0.39 is 44.3 Å². The minimum Gasteiger partial charge on any atom is -0.496 e. The summed E-state index contributed by atoms with van der Waals surface area (Å²) in [5, 5.41) is 0.752. The van der Waals surface area contributed by atoms with Crippen molar-refractivity contribution in [2.24, 2.45) is 17.1 Å². The molecule has 4 fully saturated rings. The van der Waals surface area contributed by atoms with Crippen LogP contribution in [0.15, 0.2) is 30.4 Å². The highest BCUT2D eigenvalue weighted by Gasteiger charge is 2.62. The van der Waals surface area contributed by atoms with Gasteiger partial charge in [-0.1, -0.05) is 25.0 Å². The Morgan fingerprint density at radius 2 is 1.82 bits per heavy atom. The van der Waals surface area contributed by atoms with Crippen LogP contribution >= 0.6 is 0 Å². The van der Waals surface area contributed by atoms with Crippen molar-refractivity contribution in [2.75, 3.05) is 13.7 Å². The quantitative estimate of drug-likeness (QED) is 0.367. The van der Waals surface area contributed by atoms with Crippen molar-refractivity contribution >= 4 is 38.5 Å². The number of benzene rings is 1. The number of rotatable bonds is 8. The smallest absolute Gasteiger partial charge is 0.240 e. The van der Waals surface area contributed by atoms with E-state index >= 15 is 0 Å². The average Bonchev–Trinajstić information content (AvgIpc) is 3.96. The van der Waals surface area contributed by atoms with E-state index in [2.05, 4.69) is 4.72 Å². The molecule has 2 amide bonds. The van der Waals surface area contributed by atoms with Crippen molar-refractivity contribution in [1.29, 1.82) is 0 Å². The fourth-order valence-corrected chi connectivity index (χ4v) is 9.09. The molecule has 5 atom stereocenters. The lowest BCUT2D eigenvalue weighted by atomic mass is 9.91. The highest BCUT2D eigenvalue weighted by molar-refractivity contribution is 7.91. The Morgan fingerprint density at radius 3 is 2.53 bits per heavy atom. The van der Waals surface area contributed by atoms with Crippen LogP contribution in [0.4, 0.5) is 0 Å². The third kappa shape index (κ3) is 6.95. The van der Waals surface area contributed by atoms with Crippen LogP contribution in [0.3, 0.4) is 0 Å². The van der Waals surface area contributed by atoms with E-state index in [1.165, 1.54) is 4.90 Å². The van der Waals surface area contributed by atoms with Crippen LogP contribution in [-0.2, 0) is 24.4 Å². The van der Waals surface area contributed by atoms with Gasteiger partial charge < -0.3 is 24.8 Å². The van der Waals surface area contributed by atoms with Crippen LogP contribution in [0, 0.1) is 18.3 Å². The Hall–Kier alpha value is -3.71. The molecular formula is C38H50N4O8S. The highest BCUT2D eigenvalue weighted by Crippen LogP contribution is 2.57. The van der Waals surface area contributed by atoms with Crippen molar-refractivity contribution in [2.45, 2.75) is 126 Å². The van der Waals surface area contributed by atoms with E-state index in [0.29, 0.717) is 48.6 Å². The second-order valence-corrected chi connectivity index (χ2v) is 17.8. The van der Waals surface area contributed by atoms with Crippen molar-refractivity contribution in [3.05, 3.63) is 35.9 Å². The molecule has 2 aliphatic heterocycles. The summed E-state index contributed by atoms with van der Waals surface area (Å²) < 4.78 is 46.0. The SMILES string of the molecule is COc1ccc2c(O[C@@H]3C[C@H]4C(=O)C[C@]5(C(=O)NS(=O)(=O)C6(C)CC6)C[C@H]5/C=C\CCCCC[C@H](N)C(=O)N4C3)cc(OC3CCC3)nc2c1C. The minimum atomic E-state index is -3.90. The number of carbonyl (C=O) groups excluding carboxylic acids is 3. The van der Waals surface area contributed by atoms with Crippen LogP contribution < -0.4 is 24.7 Å². The first-order valence-corrected chi connectivity index (χ1v) is 20.0. The summed E-state index contributed by atoms with van der Waals surface area (Å²) in [6, 6.07) is 3.86. The molecule has 5 aliphatic rings. The molecule has 3 N–H and O–H groups in total. The molecule has 3 aliphatic carbocycles. The Bertz CT molecular complexity index is 1860. The number of nitrogens with one attached hydrogen (secondary N) is 1. The molecule has 7 rings (SSSR count). The summed E-state index contributed by atoms with van der Waals surface area (Å²) in [5.74, 6) is 0.116. The lowest BCUT2D eigenvalue weighted by molar-refractivity contribution is -0.140. The van der Waals surface area contributed by atoms with Crippen LogP contribution in [0.1, 0.15) is 96.0 Å². The van der Waals surface area contributed by atoms with Gasteiger partial charge in [0.2, 0.25) is 27.7 Å². The molecule has 1 saturated heterocycles. The molecule has 0 spiro atoms. The first-order valence-electron chi connectivity index (χ1n) is 18.5. The zero-order valence-electron chi connectivity index (χ0n) is 29.8. The average molecular weight is 723 g/mol. The van der Waals surface area contributed by atoms with E-state index in [9.17, 15) is 22.8 Å². The third-order valence-corrected chi connectivity index (χ3v) is 14.0. The van der Waals surface area contributed by atoms with Crippen molar-refractivity contribution in [3.63, 3.8) is 0 Å². The lowest BCUT2D eigenvalue weighted by Crippen LogP contribution is -2.50. The lowest BCUT2D eigenvalue weighted by Gasteiger charge is -2.27. The first-order chi connectivity index (χ1) is 24.3. The molecular weight excluding hydrogens is 673 g/mol. The molecule has 276 valence electrons. The van der Waals surface area contributed by atoms with E-state index in [1.807, 2.05) is 31.2 Å². The van der Waals surface area contributed by atoms with Gasteiger partial charge in [-0.25, -0.2) is 13.4 Å². The number of nitrogens with zero attached hydrogens (tertiary/aromatic N) is 2. The Balaban J connectivity index is 1.18. The Labute approximate surface area is 299 Å². The molecule has 2 aromatic rings. The number of hydrogen-bond donors (Lipinski definition) is 2. The Morgan fingerprint density at radius 1 is 1.04 bits per heavy atom. The van der Waals surface area contributed by atoms with Gasteiger partial charge in [0.25, 0.3) is 0 Å². The summed E-state index contributed by atoms with van der Waals surface area (Å²) in [7, 11) is -2.29. The van der Waals surface area contributed by atoms with Gasteiger partial charge in [-0.05, 0) is 89.7 Å². The van der Waals surface area contributed by atoms with Crippen LogP contribution in [0.5, 0.6) is 17.4 Å². The second-order valence-electron chi connectivity index (χ2n) is 15.6. The first kappa shape index (κ1) is 35.7. The number of pyridine rings is 1. The molecule has 0 bridgehead atoms. The Kier molecular flexibility index (Phi) is 9.58. The van der Waals surface area contributed by atoms with Gasteiger partial charge >= 0.3 is 0 Å². The highest BCUT2D eigenvalue weighted by atomic mass is 32.2. The number of amides is 2. The molecule has 51 heavy (non-hydrogen) atoms. The number of ether oxygens (including phenoxy) is 3. The summed E-state index contributed by atoms with van der Waals surface area (Å²) in [6.07, 6.45) is 11.7. The minimum absolute atomic E-state index is 0.0878. The van der Waals surface area contributed by atoms with Crippen LogP contribution in [-0.4, -0.2) is 78.6 Å². The van der Waals surface area contributed by atoms with Gasteiger partial charge in [0.05, 0.1) is 41.4 Å². The topological polar surface area (TPSA) is 167 Å². The largest absolute Gasteiger partial charge is 0.496 e. The predicted octanol–water partition coefficient (Wildman–Crippen LogP) is 4.64. The van der Waals surface area contributed by atoms with Gasteiger partial charge in [-0.15, -0.1) is 0 Å². The van der Waals surface area contributed by atoms with E-state index in [4.69, 9.17) is 24.9 Å². The summed E-state index contributed by atoms with van der Waals surface area (Å²) in [4.78, 5) is 48.4. The number of allylic oxidation sites excluding steroid dienone is 2. The van der Waals surface area contributed by atoms with Crippen molar-refractivity contribution in [1.82, 2.24) is 14.6 Å².